The molecule has 1 aromatic rings. The van der Waals surface area contributed by atoms with Crippen LogP contribution >= 0.6 is 0 Å². The number of amides is 1. The fourth-order valence-corrected chi connectivity index (χ4v) is 2.97. The second-order valence-electron chi connectivity index (χ2n) is 7.46. The lowest BCUT2D eigenvalue weighted by molar-refractivity contribution is -0.143. The van der Waals surface area contributed by atoms with Gasteiger partial charge in [-0.1, -0.05) is 26.8 Å². The van der Waals surface area contributed by atoms with Crippen LogP contribution in [0.2, 0.25) is 18.1 Å². The summed E-state index contributed by atoms with van der Waals surface area (Å²) in [6, 6.07) is 4.46. The van der Waals surface area contributed by atoms with Gasteiger partial charge in [-0.05, 0) is 36.3 Å². The number of methoxy groups -OCH3 is 1. The van der Waals surface area contributed by atoms with Crippen LogP contribution in [0.3, 0.4) is 0 Å². The summed E-state index contributed by atoms with van der Waals surface area (Å²) in [7, 11) is -0.680. The molecule has 0 bridgehead atoms. The van der Waals surface area contributed by atoms with Crippen molar-refractivity contribution in [2.24, 2.45) is 0 Å². The van der Waals surface area contributed by atoms with E-state index in [0.717, 1.165) is 6.07 Å². The minimum Gasteiger partial charge on any atom is -0.467 e. The minimum absolute atomic E-state index is 0.0541. The molecular formula is C18H28FNO4Si. The average molecular weight is 370 g/mol. The zero-order valence-corrected chi connectivity index (χ0v) is 16.8. The molecule has 1 amide bonds. The van der Waals surface area contributed by atoms with Gasteiger partial charge in [-0.2, -0.15) is 0 Å². The molecule has 140 valence electrons. The Bertz CT molecular complexity index is 613. The molecule has 0 aromatic heterocycles. The zero-order chi connectivity index (χ0) is 19.3. The van der Waals surface area contributed by atoms with Crippen molar-refractivity contribution in [1.29, 1.82) is 0 Å². The van der Waals surface area contributed by atoms with Gasteiger partial charge >= 0.3 is 5.97 Å². The van der Waals surface area contributed by atoms with Crippen molar-refractivity contribution in [2.45, 2.75) is 51.4 Å². The molecule has 1 atom stereocenters. The van der Waals surface area contributed by atoms with E-state index in [0.29, 0.717) is 13.0 Å². The van der Waals surface area contributed by atoms with Gasteiger partial charge in [0.05, 0.1) is 7.11 Å². The van der Waals surface area contributed by atoms with E-state index in [9.17, 15) is 14.0 Å². The first-order chi connectivity index (χ1) is 11.5. The van der Waals surface area contributed by atoms with Gasteiger partial charge in [0.25, 0.3) is 5.91 Å². The number of benzene rings is 1. The second-order valence-corrected chi connectivity index (χ2v) is 12.3. The first kappa shape index (κ1) is 21.3. The number of hydrogen-bond acceptors (Lipinski definition) is 4. The van der Waals surface area contributed by atoms with E-state index in [-0.39, 0.29) is 10.6 Å². The first-order valence-electron chi connectivity index (χ1n) is 8.26. The molecule has 0 fully saturated rings. The molecule has 0 unspecified atom stereocenters. The molecule has 25 heavy (non-hydrogen) atoms. The van der Waals surface area contributed by atoms with Crippen molar-refractivity contribution in [3.8, 4) is 0 Å². The van der Waals surface area contributed by atoms with E-state index in [1.54, 1.807) is 0 Å². The summed E-state index contributed by atoms with van der Waals surface area (Å²) in [5.41, 5.74) is 0.152. The van der Waals surface area contributed by atoms with Crippen molar-refractivity contribution >= 4 is 20.2 Å². The number of rotatable bonds is 7. The second kappa shape index (κ2) is 8.58. The monoisotopic (exact) mass is 369 g/mol. The summed E-state index contributed by atoms with van der Waals surface area (Å²) >= 11 is 0. The van der Waals surface area contributed by atoms with Gasteiger partial charge in [0, 0.05) is 18.6 Å². The molecule has 0 aliphatic carbocycles. The Labute approximate surface area is 150 Å². The van der Waals surface area contributed by atoms with Crippen molar-refractivity contribution in [3.63, 3.8) is 0 Å². The van der Waals surface area contributed by atoms with Crippen molar-refractivity contribution in [2.75, 3.05) is 13.7 Å². The number of esters is 1. The van der Waals surface area contributed by atoms with Gasteiger partial charge < -0.3 is 14.5 Å². The van der Waals surface area contributed by atoms with Gasteiger partial charge in [-0.25, -0.2) is 9.18 Å². The molecule has 0 aliphatic rings. The third-order valence-electron chi connectivity index (χ3n) is 4.55. The third-order valence-corrected chi connectivity index (χ3v) is 9.09. The number of hydrogen-bond donors (Lipinski definition) is 1. The number of ether oxygens (including phenoxy) is 1. The Hall–Kier alpha value is -1.73. The number of carbonyl (C=O) groups is 2. The molecule has 1 rings (SSSR count). The van der Waals surface area contributed by atoms with Crippen LogP contribution in [0.25, 0.3) is 0 Å². The Morgan fingerprint density at radius 3 is 2.44 bits per heavy atom. The smallest absolute Gasteiger partial charge is 0.328 e. The maximum absolute atomic E-state index is 13.2. The van der Waals surface area contributed by atoms with Crippen LogP contribution in [-0.2, 0) is 14.0 Å². The molecule has 5 nitrogen and oxygen atoms in total. The average Bonchev–Trinajstić information content (AvgIpc) is 2.51. The quantitative estimate of drug-likeness (QED) is 0.590. The lowest BCUT2D eigenvalue weighted by Gasteiger charge is -2.36. The van der Waals surface area contributed by atoms with Crippen LogP contribution in [-0.4, -0.2) is 40.0 Å². The van der Waals surface area contributed by atoms with Gasteiger partial charge in [0.1, 0.15) is 11.9 Å². The van der Waals surface area contributed by atoms with Gasteiger partial charge in [0.15, 0.2) is 8.32 Å². The Kier molecular flexibility index (Phi) is 7.31. The SMILES string of the molecule is COC(=O)[C@@H](CCO[Si](C)(C)C(C)(C)C)NC(=O)c1cccc(F)c1. The maximum Gasteiger partial charge on any atom is 0.328 e. The van der Waals surface area contributed by atoms with Crippen LogP contribution in [0, 0.1) is 5.82 Å². The fourth-order valence-electron chi connectivity index (χ4n) is 1.91. The maximum atomic E-state index is 13.2. The zero-order valence-electron chi connectivity index (χ0n) is 15.8. The molecule has 0 aliphatic heterocycles. The van der Waals surface area contributed by atoms with Crippen molar-refractivity contribution in [3.05, 3.63) is 35.6 Å². The van der Waals surface area contributed by atoms with E-state index in [1.807, 2.05) is 0 Å². The highest BCUT2D eigenvalue weighted by molar-refractivity contribution is 6.74. The van der Waals surface area contributed by atoms with Crippen LogP contribution < -0.4 is 5.32 Å². The predicted molar refractivity (Wildman–Crippen MR) is 97.4 cm³/mol. The van der Waals surface area contributed by atoms with Crippen molar-refractivity contribution in [1.82, 2.24) is 5.32 Å². The fraction of sp³-hybridized carbons (Fsp3) is 0.556. The van der Waals surface area contributed by atoms with Crippen LogP contribution in [0.5, 0.6) is 0 Å². The number of nitrogens with one attached hydrogen (secondary N) is 1. The largest absolute Gasteiger partial charge is 0.467 e. The summed E-state index contributed by atoms with van der Waals surface area (Å²) in [5, 5.41) is 2.65. The molecule has 0 heterocycles. The highest BCUT2D eigenvalue weighted by atomic mass is 28.4. The van der Waals surface area contributed by atoms with Gasteiger partial charge in [-0.3, -0.25) is 4.79 Å². The third kappa shape index (κ3) is 6.25. The predicted octanol–water partition coefficient (Wildman–Crippen LogP) is 3.51. The topological polar surface area (TPSA) is 64.6 Å². The minimum atomic E-state index is -1.94. The first-order valence-corrected chi connectivity index (χ1v) is 11.2. The van der Waals surface area contributed by atoms with E-state index in [2.05, 4.69) is 39.2 Å². The van der Waals surface area contributed by atoms with Gasteiger partial charge in [-0.15, -0.1) is 0 Å². The van der Waals surface area contributed by atoms with Crippen molar-refractivity contribution < 1.29 is 23.1 Å². The van der Waals surface area contributed by atoms with Crippen LogP contribution in [0.15, 0.2) is 24.3 Å². The number of carbonyl (C=O) groups excluding carboxylic acids is 2. The summed E-state index contributed by atoms with van der Waals surface area (Å²) in [6.45, 7) is 10.9. The Balaban J connectivity index is 2.72. The molecule has 0 radical (unpaired) electrons. The molecule has 0 spiro atoms. The standard InChI is InChI=1S/C18H28FNO4Si/c1-18(2,3)25(5,6)24-11-10-15(17(22)23-4)20-16(21)13-8-7-9-14(19)12-13/h7-9,12,15H,10-11H2,1-6H3,(H,20,21)/t15-/m1/s1. The van der Waals surface area contributed by atoms with E-state index >= 15 is 0 Å². The summed E-state index contributed by atoms with van der Waals surface area (Å²) < 4.78 is 24.0. The molecular weight excluding hydrogens is 341 g/mol. The van der Waals surface area contributed by atoms with Crippen LogP contribution in [0.1, 0.15) is 37.6 Å². The summed E-state index contributed by atoms with van der Waals surface area (Å²) in [5.74, 6) is -1.59. The lowest BCUT2D eigenvalue weighted by Crippen LogP contribution is -2.45. The Morgan fingerprint density at radius 1 is 1.28 bits per heavy atom. The lowest BCUT2D eigenvalue weighted by atomic mass is 10.1. The summed E-state index contributed by atoms with van der Waals surface area (Å²) in [6.07, 6.45) is 0.292. The summed E-state index contributed by atoms with van der Waals surface area (Å²) in [4.78, 5) is 24.2. The van der Waals surface area contributed by atoms with E-state index < -0.39 is 32.1 Å². The molecule has 0 saturated heterocycles. The number of halogens is 1. The van der Waals surface area contributed by atoms with Crippen LogP contribution in [0.4, 0.5) is 4.39 Å². The Morgan fingerprint density at radius 2 is 1.92 bits per heavy atom. The highest BCUT2D eigenvalue weighted by Gasteiger charge is 2.37. The molecule has 1 aromatic carbocycles. The normalized spacial score (nSPS) is 13.2. The molecule has 1 N–H and O–H groups in total. The van der Waals surface area contributed by atoms with E-state index in [4.69, 9.17) is 9.16 Å². The molecule has 0 saturated carbocycles. The highest BCUT2D eigenvalue weighted by Crippen LogP contribution is 2.36. The molecule has 7 heteroatoms. The van der Waals surface area contributed by atoms with E-state index in [1.165, 1.54) is 25.3 Å². The van der Waals surface area contributed by atoms with Gasteiger partial charge in [0.2, 0.25) is 0 Å².